The van der Waals surface area contributed by atoms with Gasteiger partial charge in [0.05, 0.1) is 10.9 Å². The van der Waals surface area contributed by atoms with E-state index in [1.807, 2.05) is 31.2 Å². The van der Waals surface area contributed by atoms with Gasteiger partial charge in [0.15, 0.2) is 0 Å². The van der Waals surface area contributed by atoms with Crippen LogP contribution in [0.15, 0.2) is 60.1 Å². The van der Waals surface area contributed by atoms with Crippen LogP contribution in [0.3, 0.4) is 0 Å². The highest BCUT2D eigenvalue weighted by Crippen LogP contribution is 2.31. The summed E-state index contributed by atoms with van der Waals surface area (Å²) >= 11 is 6.23. The van der Waals surface area contributed by atoms with Crippen LogP contribution in [0.25, 0.3) is 6.08 Å². The number of nitrogens with zero attached hydrogens (tertiary/aromatic N) is 1. The molecule has 3 nitrogen and oxygen atoms in total. The molecule has 0 aliphatic carbocycles. The highest BCUT2D eigenvalue weighted by molar-refractivity contribution is 8.24. The molecular formula is C22H25NO2S2. The molecule has 0 spiro atoms. The van der Waals surface area contributed by atoms with Crippen molar-refractivity contribution in [2.75, 3.05) is 7.05 Å². The van der Waals surface area contributed by atoms with Gasteiger partial charge in [-0.15, -0.1) is 0 Å². The molecule has 1 aliphatic rings. The van der Waals surface area contributed by atoms with E-state index in [1.165, 1.54) is 22.0 Å². The van der Waals surface area contributed by atoms with Gasteiger partial charge in [-0.25, -0.2) is 0 Å². The number of thiocarbonyl (C=S) groups is 1. The third-order valence-corrected chi connectivity index (χ3v) is 5.47. The van der Waals surface area contributed by atoms with E-state index in [1.54, 1.807) is 24.1 Å². The number of allylic oxidation sites excluding steroid dienone is 2. The minimum absolute atomic E-state index is 0.0970. The van der Waals surface area contributed by atoms with Crippen LogP contribution in [0, 0.1) is 0 Å². The summed E-state index contributed by atoms with van der Waals surface area (Å²) in [6.45, 7) is 11.5. The molecular weight excluding hydrogens is 374 g/mol. The fourth-order valence-corrected chi connectivity index (χ4v) is 3.81. The number of fused-ring (bicyclic) bond motifs is 1. The molecule has 1 aromatic carbocycles. The lowest BCUT2D eigenvalue weighted by molar-refractivity contribution is -0.126. The number of hydrogen-bond acceptors (Lipinski definition) is 4. The van der Waals surface area contributed by atoms with Crippen LogP contribution < -0.4 is 4.74 Å². The molecule has 0 bridgehead atoms. The maximum Gasteiger partial charge on any atom is 0.260 e. The maximum absolute atomic E-state index is 13.0. The quantitative estimate of drug-likeness (QED) is 0.342. The van der Waals surface area contributed by atoms with Gasteiger partial charge in [0.25, 0.3) is 5.91 Å². The average molecular weight is 400 g/mol. The van der Waals surface area contributed by atoms with Crippen LogP contribution in [-0.4, -0.2) is 34.7 Å². The van der Waals surface area contributed by atoms with Gasteiger partial charge in [0.2, 0.25) is 0 Å². The molecule has 0 N–H and O–H groups in total. The first-order valence-corrected chi connectivity index (χ1v) is 10.1. The van der Waals surface area contributed by atoms with Gasteiger partial charge in [-0.3, -0.25) is 4.79 Å². The third kappa shape index (κ3) is 5.21. The number of thioether (sulfide) groups is 1. The van der Waals surface area contributed by atoms with Crippen LogP contribution >= 0.6 is 24.0 Å². The zero-order valence-electron chi connectivity index (χ0n) is 16.0. The highest BCUT2D eigenvalue weighted by Gasteiger charge is 2.22. The molecule has 2 atom stereocenters. The third-order valence-electron chi connectivity index (χ3n) is 4.54. The fraction of sp³-hybridized carbons (Fsp3) is 0.273. The van der Waals surface area contributed by atoms with Crippen LogP contribution in [0.5, 0.6) is 5.75 Å². The molecule has 0 fully saturated rings. The first kappa shape index (κ1) is 21.2. The molecule has 2 rings (SSSR count). The van der Waals surface area contributed by atoms with E-state index in [9.17, 15) is 4.79 Å². The Morgan fingerprint density at radius 3 is 2.81 bits per heavy atom. The summed E-state index contributed by atoms with van der Waals surface area (Å²) in [5.41, 5.74) is 3.04. The summed E-state index contributed by atoms with van der Waals surface area (Å²) < 4.78 is 7.32. The number of carbonyl (C=O) groups excluding carboxylic acids is 1. The topological polar surface area (TPSA) is 29.5 Å². The first-order chi connectivity index (χ1) is 12.9. The van der Waals surface area contributed by atoms with Crippen molar-refractivity contribution >= 4 is 40.7 Å². The predicted molar refractivity (Wildman–Crippen MR) is 120 cm³/mol. The second-order valence-electron chi connectivity index (χ2n) is 6.42. The van der Waals surface area contributed by atoms with Gasteiger partial charge in [0, 0.05) is 18.2 Å². The Labute approximate surface area is 171 Å². The lowest BCUT2D eigenvalue weighted by Gasteiger charge is -2.26. The number of hydrogen-bond donors (Lipinski definition) is 0. The van der Waals surface area contributed by atoms with E-state index in [0.717, 1.165) is 23.3 Å². The average Bonchev–Trinajstić information content (AvgIpc) is 3.03. The Kier molecular flexibility index (Phi) is 7.63. The zero-order chi connectivity index (χ0) is 20.0. The molecule has 142 valence electrons. The Hall–Kier alpha value is -2.11. The van der Waals surface area contributed by atoms with Crippen molar-refractivity contribution in [2.24, 2.45) is 0 Å². The van der Waals surface area contributed by atoms with Gasteiger partial charge >= 0.3 is 0 Å². The van der Waals surface area contributed by atoms with Crippen LogP contribution in [0.4, 0.5) is 0 Å². The van der Waals surface area contributed by atoms with E-state index in [0.29, 0.717) is 4.91 Å². The molecule has 0 saturated heterocycles. The number of amides is 1. The minimum atomic E-state index is -0.133. The highest BCUT2D eigenvalue weighted by atomic mass is 32.2. The van der Waals surface area contributed by atoms with Gasteiger partial charge in [0.1, 0.15) is 11.9 Å². The Morgan fingerprint density at radius 2 is 2.19 bits per heavy atom. The smallest absolute Gasteiger partial charge is 0.260 e. The first-order valence-electron chi connectivity index (χ1n) is 8.75. The minimum Gasteiger partial charge on any atom is -0.490 e. The largest absolute Gasteiger partial charge is 0.490 e. The molecule has 2 unspecified atom stereocenters. The SMILES string of the molecule is C=C/C=C(\C=C)C(C)N(C)C(=O)/C(=C/c1ccc2c(c1)OC(C)C2)SC=S. The molecule has 0 aromatic heterocycles. The summed E-state index contributed by atoms with van der Waals surface area (Å²) in [5.74, 6) is 0.792. The van der Waals surface area contributed by atoms with E-state index in [4.69, 9.17) is 17.0 Å². The molecule has 0 radical (unpaired) electrons. The number of carbonyl (C=O) groups is 1. The fourth-order valence-electron chi connectivity index (χ4n) is 2.94. The van der Waals surface area contributed by atoms with Crippen molar-refractivity contribution < 1.29 is 9.53 Å². The van der Waals surface area contributed by atoms with Crippen LogP contribution in [-0.2, 0) is 11.2 Å². The van der Waals surface area contributed by atoms with E-state index < -0.39 is 0 Å². The number of likely N-dealkylation sites (N-methyl/N-ethyl adjacent to an activating group) is 1. The van der Waals surface area contributed by atoms with Crippen molar-refractivity contribution in [1.82, 2.24) is 4.90 Å². The van der Waals surface area contributed by atoms with Crippen molar-refractivity contribution in [2.45, 2.75) is 32.4 Å². The zero-order valence-corrected chi connectivity index (χ0v) is 17.6. The molecule has 1 heterocycles. The van der Waals surface area contributed by atoms with Gasteiger partial charge in [-0.1, -0.05) is 67.5 Å². The second kappa shape index (κ2) is 9.72. The Morgan fingerprint density at radius 1 is 1.44 bits per heavy atom. The predicted octanol–water partition coefficient (Wildman–Crippen LogP) is 5.19. The monoisotopic (exact) mass is 399 g/mol. The molecule has 27 heavy (non-hydrogen) atoms. The van der Waals surface area contributed by atoms with E-state index in [-0.39, 0.29) is 18.1 Å². The summed E-state index contributed by atoms with van der Waals surface area (Å²) in [6, 6.07) is 5.91. The summed E-state index contributed by atoms with van der Waals surface area (Å²) in [6.07, 6.45) is 8.26. The summed E-state index contributed by atoms with van der Waals surface area (Å²) in [7, 11) is 1.78. The van der Waals surface area contributed by atoms with E-state index in [2.05, 4.69) is 26.1 Å². The molecule has 1 amide bonds. The van der Waals surface area contributed by atoms with Gasteiger partial charge < -0.3 is 9.64 Å². The molecule has 0 saturated carbocycles. The van der Waals surface area contributed by atoms with Crippen molar-refractivity contribution in [1.29, 1.82) is 0 Å². The van der Waals surface area contributed by atoms with Crippen LogP contribution in [0.2, 0.25) is 0 Å². The summed E-state index contributed by atoms with van der Waals surface area (Å²) in [4.78, 5) is 15.3. The number of benzene rings is 1. The lowest BCUT2D eigenvalue weighted by atomic mass is 10.1. The van der Waals surface area contributed by atoms with Gasteiger partial charge in [-0.2, -0.15) is 0 Å². The molecule has 1 aromatic rings. The number of ether oxygens (including phenoxy) is 1. The normalized spacial score (nSPS) is 17.5. The Balaban J connectivity index is 2.29. The number of rotatable bonds is 8. The summed E-state index contributed by atoms with van der Waals surface area (Å²) in [5, 5.41) is 0. The van der Waals surface area contributed by atoms with Gasteiger partial charge in [-0.05, 0) is 42.7 Å². The van der Waals surface area contributed by atoms with Crippen LogP contribution in [0.1, 0.15) is 25.0 Å². The van der Waals surface area contributed by atoms with Crippen molar-refractivity contribution in [3.05, 3.63) is 71.2 Å². The maximum atomic E-state index is 13.0. The molecule has 5 heteroatoms. The Bertz CT molecular complexity index is 811. The molecule has 1 aliphatic heterocycles. The van der Waals surface area contributed by atoms with Crippen molar-refractivity contribution in [3.8, 4) is 5.75 Å². The standard InChI is InChI=1S/C22H25NO2S2/c1-6-8-18(7-2)16(4)23(5)22(24)21(27-14-26)13-17-9-10-19-11-15(3)25-20(19)12-17/h6-10,12-16H,1-2,11H2,3-5H3/b18-8+,21-13-. The second-order valence-corrected chi connectivity index (χ2v) is 7.87. The van der Waals surface area contributed by atoms with E-state index >= 15 is 0 Å². The lowest BCUT2D eigenvalue weighted by Crippen LogP contribution is -2.36. The van der Waals surface area contributed by atoms with Crippen molar-refractivity contribution in [3.63, 3.8) is 0 Å².